The fraction of sp³-hybridized carbons (Fsp3) is 0.421. The first-order chi connectivity index (χ1) is 14.8. The zero-order chi connectivity index (χ0) is 23.1. The maximum atomic E-state index is 13.4. The molecule has 1 heterocycles. The molecule has 0 radical (unpaired) electrons. The van der Waals surface area contributed by atoms with Crippen molar-refractivity contribution >= 4 is 28.8 Å². The Morgan fingerprint density at radius 2 is 2.10 bits per heavy atom. The van der Waals surface area contributed by atoms with Gasteiger partial charge in [-0.2, -0.15) is 0 Å². The van der Waals surface area contributed by atoms with Crippen molar-refractivity contribution in [1.82, 2.24) is 9.55 Å². The molecule has 2 rings (SSSR count). The summed E-state index contributed by atoms with van der Waals surface area (Å²) in [5.74, 6) is -0.869. The Bertz CT molecular complexity index is 1080. The van der Waals surface area contributed by atoms with Crippen molar-refractivity contribution in [2.24, 2.45) is 0 Å². The third kappa shape index (κ3) is 5.09. The van der Waals surface area contributed by atoms with Crippen molar-refractivity contribution in [2.45, 2.75) is 26.3 Å². The lowest BCUT2D eigenvalue weighted by molar-refractivity contribution is -0.384. The molecular weight excluding hydrogens is 408 g/mol. The average molecular weight is 434 g/mol. The molecular formula is C19H26N6O6. The number of non-ortho nitro benzene ring substituents is 1. The van der Waals surface area contributed by atoms with E-state index in [9.17, 15) is 24.5 Å². The van der Waals surface area contributed by atoms with Crippen LogP contribution in [0.1, 0.15) is 30.1 Å². The van der Waals surface area contributed by atoms with Gasteiger partial charge < -0.3 is 15.8 Å². The molecule has 0 aliphatic heterocycles. The summed E-state index contributed by atoms with van der Waals surface area (Å²) >= 11 is 0. The van der Waals surface area contributed by atoms with E-state index in [-0.39, 0.29) is 42.5 Å². The predicted molar refractivity (Wildman–Crippen MR) is 117 cm³/mol. The Morgan fingerprint density at radius 1 is 1.39 bits per heavy atom. The summed E-state index contributed by atoms with van der Waals surface area (Å²) in [6.45, 7) is 2.18. The minimum atomic E-state index is -0.837. The third-order valence-electron chi connectivity index (χ3n) is 4.70. The Kier molecular flexibility index (Phi) is 7.91. The van der Waals surface area contributed by atoms with Gasteiger partial charge in [-0.05, 0) is 12.5 Å². The number of ether oxygens (including phenoxy) is 1. The van der Waals surface area contributed by atoms with E-state index in [1.165, 1.54) is 23.8 Å². The molecule has 0 unspecified atom stereocenters. The molecule has 168 valence electrons. The minimum Gasteiger partial charge on any atom is -0.387 e. The highest BCUT2D eigenvalue weighted by Gasteiger charge is 2.28. The Labute approximate surface area is 177 Å². The summed E-state index contributed by atoms with van der Waals surface area (Å²) in [4.78, 5) is 52.2. The van der Waals surface area contributed by atoms with Gasteiger partial charge in [0.05, 0.1) is 17.1 Å². The molecule has 31 heavy (non-hydrogen) atoms. The van der Waals surface area contributed by atoms with E-state index in [2.05, 4.69) is 10.3 Å². The number of methoxy groups -OCH3 is 1. The lowest BCUT2D eigenvalue weighted by atomic mass is 10.1. The van der Waals surface area contributed by atoms with Crippen molar-refractivity contribution in [3.8, 4) is 0 Å². The van der Waals surface area contributed by atoms with Crippen LogP contribution in [0.4, 0.5) is 22.9 Å². The molecule has 12 heteroatoms. The van der Waals surface area contributed by atoms with E-state index in [0.717, 1.165) is 17.4 Å². The highest BCUT2D eigenvalue weighted by Crippen LogP contribution is 2.26. The van der Waals surface area contributed by atoms with Crippen LogP contribution in [0.5, 0.6) is 0 Å². The van der Waals surface area contributed by atoms with Gasteiger partial charge in [-0.3, -0.25) is 34.2 Å². The Morgan fingerprint density at radius 3 is 2.68 bits per heavy atom. The summed E-state index contributed by atoms with van der Waals surface area (Å²) in [5, 5.41) is 14.0. The van der Waals surface area contributed by atoms with E-state index < -0.39 is 22.1 Å². The number of nitrogens with zero attached hydrogens (tertiary/aromatic N) is 3. The van der Waals surface area contributed by atoms with Crippen LogP contribution in [0.25, 0.3) is 0 Å². The number of H-pyrrole nitrogens is 1. The second-order valence-electron chi connectivity index (χ2n) is 6.68. The maximum absolute atomic E-state index is 13.4. The molecule has 0 atom stereocenters. The fourth-order valence-corrected chi connectivity index (χ4v) is 3.06. The van der Waals surface area contributed by atoms with Crippen LogP contribution in [-0.2, 0) is 11.3 Å². The SMILES string of the molecule is CCCCn1c(N)c(N(CCOC)C(=O)c2cc([N+](=O)[O-])ccc2NC)c(=O)[nH]c1=O. The second kappa shape index (κ2) is 10.4. The Balaban J connectivity index is 2.68. The molecule has 4 N–H and O–H groups in total. The predicted octanol–water partition coefficient (Wildman–Crippen LogP) is 1.16. The molecule has 0 fully saturated rings. The van der Waals surface area contributed by atoms with Gasteiger partial charge in [0.1, 0.15) is 5.82 Å². The number of hydrogen-bond acceptors (Lipinski definition) is 8. The number of nitro benzene ring substituents is 1. The molecule has 0 aliphatic carbocycles. The topological polar surface area (TPSA) is 166 Å². The lowest BCUT2D eigenvalue weighted by Crippen LogP contribution is -2.42. The van der Waals surface area contributed by atoms with E-state index in [4.69, 9.17) is 10.5 Å². The monoisotopic (exact) mass is 434 g/mol. The van der Waals surface area contributed by atoms with Gasteiger partial charge in [-0.25, -0.2) is 4.79 Å². The standard InChI is InChI=1S/C19H26N6O6/c1-4-5-8-24-16(20)15(17(26)22-19(24)28)23(9-10-31-3)18(27)13-11-12(25(29)30)6-7-14(13)21-2/h6-7,11,21H,4-5,8-10,20H2,1-3H3,(H,22,26,28). The molecule has 0 saturated carbocycles. The number of nitrogen functional groups attached to an aromatic ring is 1. The van der Waals surface area contributed by atoms with E-state index >= 15 is 0 Å². The number of rotatable bonds is 10. The molecule has 0 bridgehead atoms. The normalized spacial score (nSPS) is 10.7. The molecule has 1 aromatic heterocycles. The zero-order valence-electron chi connectivity index (χ0n) is 17.6. The molecule has 1 amide bonds. The maximum Gasteiger partial charge on any atom is 0.330 e. The number of aromatic amines is 1. The third-order valence-corrected chi connectivity index (χ3v) is 4.70. The highest BCUT2D eigenvalue weighted by molar-refractivity contribution is 6.10. The molecule has 0 aliphatic rings. The number of anilines is 3. The smallest absolute Gasteiger partial charge is 0.330 e. The number of unbranched alkanes of at least 4 members (excludes halogenated alkanes) is 1. The zero-order valence-corrected chi connectivity index (χ0v) is 17.6. The van der Waals surface area contributed by atoms with Crippen LogP contribution in [0.3, 0.4) is 0 Å². The number of hydrogen-bond donors (Lipinski definition) is 3. The number of amides is 1. The molecule has 0 spiro atoms. The largest absolute Gasteiger partial charge is 0.387 e. The van der Waals surface area contributed by atoms with Crippen molar-refractivity contribution in [2.75, 3.05) is 43.3 Å². The van der Waals surface area contributed by atoms with Gasteiger partial charge in [0.25, 0.3) is 17.2 Å². The number of carbonyl (C=O) groups is 1. The molecule has 1 aromatic carbocycles. The molecule has 12 nitrogen and oxygen atoms in total. The van der Waals surface area contributed by atoms with Gasteiger partial charge in [-0.15, -0.1) is 0 Å². The van der Waals surface area contributed by atoms with Gasteiger partial charge >= 0.3 is 5.69 Å². The highest BCUT2D eigenvalue weighted by atomic mass is 16.6. The second-order valence-corrected chi connectivity index (χ2v) is 6.68. The Hall–Kier alpha value is -3.67. The number of nitrogens with one attached hydrogen (secondary N) is 2. The van der Waals surface area contributed by atoms with Crippen LogP contribution >= 0.6 is 0 Å². The molecule has 2 aromatic rings. The van der Waals surface area contributed by atoms with Gasteiger partial charge in [0.2, 0.25) is 0 Å². The minimum absolute atomic E-state index is 0.0297. The van der Waals surface area contributed by atoms with Crippen LogP contribution in [0, 0.1) is 10.1 Å². The van der Waals surface area contributed by atoms with E-state index in [1.807, 2.05) is 6.92 Å². The van der Waals surface area contributed by atoms with E-state index in [1.54, 1.807) is 7.05 Å². The van der Waals surface area contributed by atoms with Crippen molar-refractivity contribution in [3.05, 3.63) is 54.7 Å². The fourth-order valence-electron chi connectivity index (χ4n) is 3.06. The van der Waals surface area contributed by atoms with E-state index in [0.29, 0.717) is 12.1 Å². The van der Waals surface area contributed by atoms with Crippen LogP contribution in [0.2, 0.25) is 0 Å². The van der Waals surface area contributed by atoms with Crippen molar-refractivity contribution < 1.29 is 14.5 Å². The summed E-state index contributed by atoms with van der Waals surface area (Å²) < 4.78 is 6.25. The first-order valence-corrected chi connectivity index (χ1v) is 9.66. The van der Waals surface area contributed by atoms with Crippen molar-refractivity contribution in [3.63, 3.8) is 0 Å². The molecule has 0 saturated heterocycles. The first-order valence-electron chi connectivity index (χ1n) is 9.66. The quantitative estimate of drug-likeness (QED) is 0.370. The summed E-state index contributed by atoms with van der Waals surface area (Å²) in [5.41, 5.74) is 4.43. The summed E-state index contributed by atoms with van der Waals surface area (Å²) in [7, 11) is 2.98. The summed E-state index contributed by atoms with van der Waals surface area (Å²) in [6.07, 6.45) is 1.42. The first kappa shape index (κ1) is 23.6. The number of carbonyl (C=O) groups excluding carboxylic acids is 1. The number of nitro groups is 1. The van der Waals surface area contributed by atoms with Gasteiger partial charge in [-0.1, -0.05) is 13.3 Å². The number of nitrogens with two attached hydrogens (primary N) is 1. The van der Waals surface area contributed by atoms with Crippen LogP contribution < -0.4 is 27.2 Å². The van der Waals surface area contributed by atoms with Gasteiger partial charge in [0.15, 0.2) is 5.69 Å². The van der Waals surface area contributed by atoms with Crippen LogP contribution in [-0.4, -0.2) is 47.7 Å². The van der Waals surface area contributed by atoms with Gasteiger partial charge in [0, 0.05) is 45.1 Å². The number of aromatic nitrogens is 2. The lowest BCUT2D eigenvalue weighted by Gasteiger charge is -2.25. The van der Waals surface area contributed by atoms with Crippen LogP contribution in [0.15, 0.2) is 27.8 Å². The summed E-state index contributed by atoms with van der Waals surface area (Å²) in [6, 6.07) is 3.77. The number of benzene rings is 1. The van der Waals surface area contributed by atoms with Crippen molar-refractivity contribution in [1.29, 1.82) is 0 Å². The average Bonchev–Trinajstić information content (AvgIpc) is 2.74.